The quantitative estimate of drug-likeness (QED) is 0.349. The molecule has 33 heavy (non-hydrogen) atoms. The maximum absolute atomic E-state index is 12.9. The lowest BCUT2D eigenvalue weighted by atomic mass is 10.1. The normalized spacial score (nSPS) is 10.8. The Balaban J connectivity index is 1.35. The Bertz CT molecular complexity index is 1480. The van der Waals surface area contributed by atoms with Crippen LogP contribution in [0.4, 0.5) is 11.4 Å². The van der Waals surface area contributed by atoms with Crippen LogP contribution in [0.25, 0.3) is 16.7 Å². The molecule has 5 aromatic rings. The first-order valence-corrected chi connectivity index (χ1v) is 10.4. The number of amides is 2. The van der Waals surface area contributed by atoms with Crippen molar-refractivity contribution in [3.8, 4) is 5.69 Å². The van der Waals surface area contributed by atoms with E-state index in [2.05, 4.69) is 25.7 Å². The van der Waals surface area contributed by atoms with E-state index in [0.29, 0.717) is 16.9 Å². The molecule has 5 rings (SSSR count). The number of hydrogen-bond donors (Lipinski definition) is 3. The number of halogens is 1. The van der Waals surface area contributed by atoms with Crippen molar-refractivity contribution in [3.05, 3.63) is 102 Å². The molecule has 0 fully saturated rings. The maximum atomic E-state index is 12.9. The summed E-state index contributed by atoms with van der Waals surface area (Å²) in [4.78, 5) is 33.0. The summed E-state index contributed by atoms with van der Waals surface area (Å²) < 4.78 is 1.69. The van der Waals surface area contributed by atoms with Crippen molar-refractivity contribution in [2.24, 2.45) is 0 Å². The minimum Gasteiger partial charge on any atom is -0.346 e. The molecule has 0 unspecified atom stereocenters. The van der Waals surface area contributed by atoms with Crippen LogP contribution in [0.2, 0.25) is 5.02 Å². The molecule has 2 aromatic carbocycles. The fourth-order valence-corrected chi connectivity index (χ4v) is 3.60. The molecule has 0 aliphatic rings. The summed E-state index contributed by atoms with van der Waals surface area (Å²) in [7, 11) is 0. The Morgan fingerprint density at radius 1 is 0.939 bits per heavy atom. The molecule has 8 nitrogen and oxygen atoms in total. The van der Waals surface area contributed by atoms with Crippen molar-refractivity contribution >= 4 is 45.8 Å². The van der Waals surface area contributed by atoms with Gasteiger partial charge in [0.25, 0.3) is 11.8 Å². The van der Waals surface area contributed by atoms with E-state index in [1.807, 2.05) is 30.5 Å². The van der Waals surface area contributed by atoms with E-state index in [9.17, 15) is 9.59 Å². The first-order chi connectivity index (χ1) is 16.1. The molecular formula is C24H17ClN6O2. The van der Waals surface area contributed by atoms with Gasteiger partial charge in [0.1, 0.15) is 5.65 Å². The molecule has 162 valence electrons. The summed E-state index contributed by atoms with van der Waals surface area (Å²) in [5, 5.41) is 10.9. The number of nitrogens with one attached hydrogen (secondary N) is 3. The molecule has 2 amide bonds. The molecule has 3 N–H and O–H groups in total. The van der Waals surface area contributed by atoms with E-state index in [4.69, 9.17) is 11.6 Å². The number of carbonyl (C=O) groups excluding carboxylic acids is 2. The Morgan fingerprint density at radius 3 is 2.67 bits per heavy atom. The highest BCUT2D eigenvalue weighted by Crippen LogP contribution is 2.22. The average Bonchev–Trinajstić information content (AvgIpc) is 3.51. The van der Waals surface area contributed by atoms with Gasteiger partial charge in [-0.25, -0.2) is 9.67 Å². The van der Waals surface area contributed by atoms with Crippen molar-refractivity contribution in [1.82, 2.24) is 19.7 Å². The molecule has 0 spiro atoms. The number of aromatic amines is 1. The van der Waals surface area contributed by atoms with Gasteiger partial charge in [-0.3, -0.25) is 9.59 Å². The summed E-state index contributed by atoms with van der Waals surface area (Å²) >= 11 is 6.25. The van der Waals surface area contributed by atoms with Gasteiger partial charge in [-0.1, -0.05) is 17.7 Å². The molecule has 9 heteroatoms. The number of hydrogen-bond acceptors (Lipinski definition) is 4. The second kappa shape index (κ2) is 8.60. The monoisotopic (exact) mass is 456 g/mol. The van der Waals surface area contributed by atoms with Crippen molar-refractivity contribution < 1.29 is 9.59 Å². The third-order valence-electron chi connectivity index (χ3n) is 5.00. The first-order valence-electron chi connectivity index (χ1n) is 10.0. The van der Waals surface area contributed by atoms with E-state index in [-0.39, 0.29) is 16.5 Å². The SMILES string of the molecule is O=C(Nc1cccc(-n2cccn2)c1)c1ccc(Cl)c(C(=O)Nc2cnc3[nH]ccc3c2)c1. The molecule has 3 heterocycles. The summed E-state index contributed by atoms with van der Waals surface area (Å²) in [6.07, 6.45) is 6.81. The van der Waals surface area contributed by atoms with Crippen molar-refractivity contribution in [2.45, 2.75) is 0 Å². The minimum absolute atomic E-state index is 0.184. The minimum atomic E-state index is -0.438. The van der Waals surface area contributed by atoms with Crippen LogP contribution >= 0.6 is 11.6 Å². The molecular weight excluding hydrogens is 440 g/mol. The molecule has 0 saturated carbocycles. The predicted molar refractivity (Wildman–Crippen MR) is 127 cm³/mol. The predicted octanol–water partition coefficient (Wildman–Crippen LogP) is 4.91. The van der Waals surface area contributed by atoms with Gasteiger partial charge in [-0.15, -0.1) is 0 Å². The number of fused-ring (bicyclic) bond motifs is 1. The van der Waals surface area contributed by atoms with Crippen molar-refractivity contribution in [2.75, 3.05) is 10.6 Å². The van der Waals surface area contributed by atoms with Crippen LogP contribution in [0.15, 0.2) is 85.5 Å². The van der Waals surface area contributed by atoms with Gasteiger partial charge in [0.05, 0.1) is 28.2 Å². The molecule has 0 bridgehead atoms. The van der Waals surface area contributed by atoms with Gasteiger partial charge in [-0.2, -0.15) is 5.10 Å². The third kappa shape index (κ3) is 4.32. The second-order valence-electron chi connectivity index (χ2n) is 7.24. The van der Waals surface area contributed by atoms with Crippen LogP contribution in [-0.2, 0) is 0 Å². The van der Waals surface area contributed by atoms with E-state index in [1.54, 1.807) is 47.5 Å². The van der Waals surface area contributed by atoms with Crippen LogP contribution in [0.5, 0.6) is 0 Å². The summed E-state index contributed by atoms with van der Waals surface area (Å²) in [5.74, 6) is -0.805. The highest BCUT2D eigenvalue weighted by Gasteiger charge is 2.16. The summed E-state index contributed by atoms with van der Waals surface area (Å²) in [6, 6.07) is 17.3. The molecule has 0 aliphatic heterocycles. The molecule has 0 aliphatic carbocycles. The zero-order valence-corrected chi connectivity index (χ0v) is 17.9. The topological polar surface area (TPSA) is 105 Å². The molecule has 0 atom stereocenters. The average molecular weight is 457 g/mol. The summed E-state index contributed by atoms with van der Waals surface area (Å²) in [5.41, 5.74) is 3.13. The van der Waals surface area contributed by atoms with Crippen LogP contribution in [0.3, 0.4) is 0 Å². The number of anilines is 2. The second-order valence-corrected chi connectivity index (χ2v) is 7.65. The van der Waals surface area contributed by atoms with Gasteiger partial charge >= 0.3 is 0 Å². The number of carbonyl (C=O) groups is 2. The smallest absolute Gasteiger partial charge is 0.257 e. The zero-order valence-electron chi connectivity index (χ0n) is 17.1. The van der Waals surface area contributed by atoms with E-state index >= 15 is 0 Å². The Labute approximate surface area is 193 Å². The maximum Gasteiger partial charge on any atom is 0.257 e. The van der Waals surface area contributed by atoms with Gasteiger partial charge in [0.2, 0.25) is 0 Å². The summed E-state index contributed by atoms with van der Waals surface area (Å²) in [6.45, 7) is 0. The van der Waals surface area contributed by atoms with Crippen LogP contribution in [-0.4, -0.2) is 31.6 Å². The van der Waals surface area contributed by atoms with E-state index in [0.717, 1.165) is 16.7 Å². The Kier molecular flexibility index (Phi) is 5.34. The lowest BCUT2D eigenvalue weighted by Gasteiger charge is -2.10. The van der Waals surface area contributed by atoms with E-state index in [1.165, 1.54) is 12.1 Å². The number of rotatable bonds is 5. The number of pyridine rings is 1. The van der Waals surface area contributed by atoms with Crippen molar-refractivity contribution in [1.29, 1.82) is 0 Å². The van der Waals surface area contributed by atoms with Crippen LogP contribution < -0.4 is 10.6 Å². The largest absolute Gasteiger partial charge is 0.346 e. The van der Waals surface area contributed by atoms with Crippen LogP contribution in [0, 0.1) is 0 Å². The fourth-order valence-electron chi connectivity index (χ4n) is 3.40. The number of benzene rings is 2. The van der Waals surface area contributed by atoms with Gasteiger partial charge in [0, 0.05) is 35.2 Å². The van der Waals surface area contributed by atoms with E-state index < -0.39 is 5.91 Å². The van der Waals surface area contributed by atoms with Gasteiger partial charge in [0.15, 0.2) is 0 Å². The number of H-pyrrole nitrogens is 1. The zero-order chi connectivity index (χ0) is 22.8. The standard InChI is InChI=1S/C24H17ClN6O2/c25-21-6-5-16(23(32)29-17-3-1-4-19(13-17)31-10-2-8-28-31)12-20(21)24(33)30-18-11-15-7-9-26-22(15)27-14-18/h1-14H,(H,26,27)(H,29,32)(H,30,33). The molecule has 0 saturated heterocycles. The lowest BCUT2D eigenvalue weighted by molar-refractivity contribution is 0.102. The van der Waals surface area contributed by atoms with Crippen LogP contribution in [0.1, 0.15) is 20.7 Å². The van der Waals surface area contributed by atoms with Gasteiger partial charge < -0.3 is 15.6 Å². The number of aromatic nitrogens is 4. The highest BCUT2D eigenvalue weighted by molar-refractivity contribution is 6.34. The lowest BCUT2D eigenvalue weighted by Crippen LogP contribution is -2.16. The third-order valence-corrected chi connectivity index (χ3v) is 5.33. The highest BCUT2D eigenvalue weighted by atomic mass is 35.5. The van der Waals surface area contributed by atoms with Gasteiger partial charge in [-0.05, 0) is 54.6 Å². The number of nitrogens with zero attached hydrogens (tertiary/aromatic N) is 3. The van der Waals surface area contributed by atoms with Crippen molar-refractivity contribution in [3.63, 3.8) is 0 Å². The first kappa shape index (κ1) is 20.5. The fraction of sp³-hybridized carbons (Fsp3) is 0. The molecule has 0 radical (unpaired) electrons. The Hall–Kier alpha value is -4.43. The Morgan fingerprint density at radius 2 is 1.82 bits per heavy atom. The molecule has 3 aromatic heterocycles.